The van der Waals surface area contributed by atoms with Gasteiger partial charge in [0.2, 0.25) is 0 Å². The Labute approximate surface area is 246 Å². The van der Waals surface area contributed by atoms with Gasteiger partial charge in [-0.2, -0.15) is 10.2 Å². The molecular weight excluding hydrogens is 588 g/mol. The van der Waals surface area contributed by atoms with Crippen LogP contribution in [0.2, 0.25) is 0 Å². The van der Waals surface area contributed by atoms with E-state index in [0.29, 0.717) is 30.2 Å². The number of methoxy groups -OCH3 is 2. The van der Waals surface area contributed by atoms with Gasteiger partial charge in [0.1, 0.15) is 12.3 Å². The maximum atomic E-state index is 13.8. The van der Waals surface area contributed by atoms with Gasteiger partial charge in [0, 0.05) is 22.5 Å². The number of rotatable bonds is 9. The number of carbonyl (C=O) groups is 1. The molecule has 9 nitrogen and oxygen atoms in total. The molecule has 41 heavy (non-hydrogen) atoms. The summed E-state index contributed by atoms with van der Waals surface area (Å²) < 4.78 is 18.5. The minimum absolute atomic E-state index is 0.273. The van der Waals surface area contributed by atoms with Crippen molar-refractivity contribution in [2.45, 2.75) is 25.9 Å². The highest BCUT2D eigenvalue weighted by atomic mass is 79.9. The second-order valence-electron chi connectivity index (χ2n) is 9.30. The molecule has 0 N–H and O–H groups in total. The van der Waals surface area contributed by atoms with E-state index < -0.39 is 6.04 Å². The van der Waals surface area contributed by atoms with Gasteiger partial charge >= 0.3 is 0 Å². The summed E-state index contributed by atoms with van der Waals surface area (Å²) in [6.45, 7) is 2.21. The van der Waals surface area contributed by atoms with Gasteiger partial charge in [-0.15, -0.1) is 0 Å². The van der Waals surface area contributed by atoms with Crippen molar-refractivity contribution in [1.29, 1.82) is 0 Å². The SMILES string of the molecule is CCOc1ccc(-c2ccc(=O)n(CC(=O)N3N=C(c4ccc(Br)cc4)CC3c3ccc(OC)c(OC)c3)n2)cc1. The summed E-state index contributed by atoms with van der Waals surface area (Å²) in [6.07, 6.45) is 0.484. The Morgan fingerprint density at radius 2 is 1.63 bits per heavy atom. The average Bonchev–Trinajstić information content (AvgIpc) is 3.44. The molecule has 0 saturated carbocycles. The molecule has 1 aliphatic heterocycles. The van der Waals surface area contributed by atoms with E-state index in [9.17, 15) is 9.59 Å². The fraction of sp³-hybridized carbons (Fsp3) is 0.226. The maximum Gasteiger partial charge on any atom is 0.267 e. The highest BCUT2D eigenvalue weighted by molar-refractivity contribution is 9.10. The third-order valence-electron chi connectivity index (χ3n) is 6.75. The molecule has 0 spiro atoms. The predicted molar refractivity (Wildman–Crippen MR) is 160 cm³/mol. The molecule has 2 heterocycles. The van der Waals surface area contributed by atoms with E-state index in [-0.39, 0.29) is 18.0 Å². The number of nitrogens with zero attached hydrogens (tertiary/aromatic N) is 4. The second kappa shape index (κ2) is 12.4. The molecule has 3 aromatic carbocycles. The zero-order chi connectivity index (χ0) is 28.9. The van der Waals surface area contributed by atoms with Gasteiger partial charge in [-0.25, -0.2) is 9.69 Å². The number of hydrogen-bond acceptors (Lipinski definition) is 7. The van der Waals surface area contributed by atoms with Crippen LogP contribution in [-0.4, -0.2) is 47.2 Å². The van der Waals surface area contributed by atoms with Crippen molar-refractivity contribution in [1.82, 2.24) is 14.8 Å². The van der Waals surface area contributed by atoms with Gasteiger partial charge in [0.15, 0.2) is 11.5 Å². The summed E-state index contributed by atoms with van der Waals surface area (Å²) in [5, 5.41) is 10.7. The summed E-state index contributed by atoms with van der Waals surface area (Å²) in [6, 6.07) is 23.4. The quantitative estimate of drug-likeness (QED) is 0.248. The van der Waals surface area contributed by atoms with Gasteiger partial charge in [0.25, 0.3) is 11.5 Å². The first-order valence-electron chi connectivity index (χ1n) is 13.1. The first-order chi connectivity index (χ1) is 19.9. The van der Waals surface area contributed by atoms with Crippen LogP contribution in [0.3, 0.4) is 0 Å². The summed E-state index contributed by atoms with van der Waals surface area (Å²) in [4.78, 5) is 26.5. The Morgan fingerprint density at radius 3 is 2.32 bits per heavy atom. The number of hydrazone groups is 1. The van der Waals surface area contributed by atoms with Crippen LogP contribution in [0.5, 0.6) is 17.2 Å². The molecule has 1 aliphatic rings. The highest BCUT2D eigenvalue weighted by Gasteiger charge is 2.34. The Morgan fingerprint density at radius 1 is 0.927 bits per heavy atom. The van der Waals surface area contributed by atoms with Crippen molar-refractivity contribution >= 4 is 27.5 Å². The molecule has 0 bridgehead atoms. The third-order valence-corrected chi connectivity index (χ3v) is 7.28. The zero-order valence-electron chi connectivity index (χ0n) is 22.9. The van der Waals surface area contributed by atoms with E-state index in [1.54, 1.807) is 26.4 Å². The molecule has 0 aliphatic carbocycles. The fourth-order valence-corrected chi connectivity index (χ4v) is 4.95. The number of ether oxygens (including phenoxy) is 3. The molecule has 210 valence electrons. The molecule has 0 fully saturated rings. The Bertz CT molecular complexity index is 1630. The summed E-state index contributed by atoms with van der Waals surface area (Å²) in [5.74, 6) is 1.52. The maximum absolute atomic E-state index is 13.8. The van der Waals surface area contributed by atoms with Crippen LogP contribution in [0.1, 0.15) is 30.5 Å². The van der Waals surface area contributed by atoms with E-state index in [1.807, 2.05) is 67.6 Å². The molecule has 0 saturated heterocycles. The molecule has 4 aromatic rings. The lowest BCUT2D eigenvalue weighted by Crippen LogP contribution is -2.35. The van der Waals surface area contributed by atoms with Gasteiger partial charge in [-0.3, -0.25) is 9.59 Å². The topological polar surface area (TPSA) is 95.2 Å². The van der Waals surface area contributed by atoms with Crippen LogP contribution in [-0.2, 0) is 11.3 Å². The van der Waals surface area contributed by atoms with Crippen molar-refractivity contribution < 1.29 is 19.0 Å². The number of benzene rings is 3. The largest absolute Gasteiger partial charge is 0.494 e. The first-order valence-corrected chi connectivity index (χ1v) is 13.9. The van der Waals surface area contributed by atoms with Crippen molar-refractivity contribution in [3.05, 3.63) is 105 Å². The lowest BCUT2D eigenvalue weighted by atomic mass is 9.98. The van der Waals surface area contributed by atoms with Gasteiger partial charge in [-0.05, 0) is 72.6 Å². The third kappa shape index (κ3) is 6.17. The van der Waals surface area contributed by atoms with E-state index in [0.717, 1.165) is 32.6 Å². The summed E-state index contributed by atoms with van der Waals surface area (Å²) in [5.41, 5.74) is 3.48. The minimum Gasteiger partial charge on any atom is -0.494 e. The number of hydrogen-bond donors (Lipinski definition) is 0. The van der Waals surface area contributed by atoms with Crippen LogP contribution in [0.15, 0.2) is 93.2 Å². The Hall–Kier alpha value is -4.44. The Kier molecular flexibility index (Phi) is 8.49. The molecule has 5 rings (SSSR count). The van der Waals surface area contributed by atoms with Crippen LogP contribution in [0.4, 0.5) is 0 Å². The summed E-state index contributed by atoms with van der Waals surface area (Å²) >= 11 is 3.47. The zero-order valence-corrected chi connectivity index (χ0v) is 24.5. The molecule has 1 atom stereocenters. The van der Waals surface area contributed by atoms with E-state index in [4.69, 9.17) is 19.3 Å². The number of aromatic nitrogens is 2. The van der Waals surface area contributed by atoms with Crippen molar-refractivity contribution in [2.24, 2.45) is 5.10 Å². The van der Waals surface area contributed by atoms with Crippen molar-refractivity contribution in [3.8, 4) is 28.5 Å². The standard InChI is InChI=1S/C31H29BrN4O5/c1-4-41-24-12-7-20(8-13-24)25-14-16-30(37)35(33-25)19-31(38)36-27(22-9-15-28(39-2)29(17-22)40-3)18-26(34-36)21-5-10-23(32)11-6-21/h5-17,27H,4,18-19H2,1-3H3. The minimum atomic E-state index is -0.411. The number of carbonyl (C=O) groups excluding carboxylic acids is 1. The lowest BCUT2D eigenvalue weighted by Gasteiger charge is -2.23. The monoisotopic (exact) mass is 616 g/mol. The molecule has 1 aromatic heterocycles. The molecule has 1 amide bonds. The predicted octanol–water partition coefficient (Wildman–Crippen LogP) is 5.47. The average molecular weight is 618 g/mol. The van der Waals surface area contributed by atoms with Gasteiger partial charge in [0.05, 0.1) is 38.3 Å². The highest BCUT2D eigenvalue weighted by Crippen LogP contribution is 2.37. The number of halogens is 1. The Balaban J connectivity index is 1.46. The van der Waals surface area contributed by atoms with Crippen LogP contribution in [0, 0.1) is 0 Å². The fourth-order valence-electron chi connectivity index (χ4n) is 4.68. The first kappa shape index (κ1) is 28.1. The lowest BCUT2D eigenvalue weighted by molar-refractivity contribution is -0.133. The smallest absolute Gasteiger partial charge is 0.267 e. The van der Waals surface area contributed by atoms with Crippen molar-refractivity contribution in [3.63, 3.8) is 0 Å². The molecule has 1 unspecified atom stereocenters. The summed E-state index contributed by atoms with van der Waals surface area (Å²) in [7, 11) is 3.14. The second-order valence-corrected chi connectivity index (χ2v) is 10.2. The normalized spacial score (nSPS) is 14.5. The van der Waals surface area contributed by atoms with Gasteiger partial charge in [-0.1, -0.05) is 34.1 Å². The van der Waals surface area contributed by atoms with Gasteiger partial charge < -0.3 is 14.2 Å². The van der Waals surface area contributed by atoms with Crippen LogP contribution < -0.4 is 19.8 Å². The molecule has 10 heteroatoms. The van der Waals surface area contributed by atoms with Crippen LogP contribution in [0.25, 0.3) is 11.3 Å². The number of amides is 1. The van der Waals surface area contributed by atoms with E-state index in [1.165, 1.54) is 15.8 Å². The van der Waals surface area contributed by atoms with Crippen molar-refractivity contribution in [2.75, 3.05) is 20.8 Å². The van der Waals surface area contributed by atoms with Crippen LogP contribution >= 0.6 is 15.9 Å². The van der Waals surface area contributed by atoms with E-state index in [2.05, 4.69) is 21.0 Å². The molecular formula is C31H29BrN4O5. The molecule has 0 radical (unpaired) electrons. The van der Waals surface area contributed by atoms with E-state index >= 15 is 0 Å².